The van der Waals surface area contributed by atoms with Crippen LogP contribution in [0.4, 0.5) is 5.82 Å². The molecule has 2 aromatic carbocycles. The highest BCUT2D eigenvalue weighted by Gasteiger charge is 2.25. The molecule has 0 radical (unpaired) electrons. The van der Waals surface area contributed by atoms with Crippen molar-refractivity contribution in [2.24, 2.45) is 11.8 Å². The number of benzene rings is 2. The maximum absolute atomic E-state index is 12.1. The molecule has 32 heavy (non-hydrogen) atoms. The van der Waals surface area contributed by atoms with Crippen LogP contribution in [0.3, 0.4) is 0 Å². The summed E-state index contributed by atoms with van der Waals surface area (Å²) in [6.07, 6.45) is 0.994. The molecule has 1 aromatic heterocycles. The lowest BCUT2D eigenvalue weighted by Gasteiger charge is -2.33. The normalized spacial score (nSPS) is 15.8. The van der Waals surface area contributed by atoms with Crippen molar-refractivity contribution in [2.75, 3.05) is 24.5 Å². The zero-order chi connectivity index (χ0) is 22.7. The van der Waals surface area contributed by atoms with E-state index in [0.29, 0.717) is 12.5 Å². The monoisotopic (exact) mass is 432 g/mol. The Morgan fingerprint density at radius 1 is 1.12 bits per heavy atom. The van der Waals surface area contributed by atoms with Crippen LogP contribution in [0.2, 0.25) is 0 Å². The van der Waals surface area contributed by atoms with Crippen LogP contribution < -0.4 is 10.2 Å². The van der Waals surface area contributed by atoms with E-state index in [1.54, 1.807) is 0 Å². The minimum Gasteiger partial charge on any atom is -0.383 e. The second-order valence-electron chi connectivity index (χ2n) is 9.12. The van der Waals surface area contributed by atoms with E-state index in [-0.39, 0.29) is 11.8 Å². The molecule has 2 N–H and O–H groups in total. The van der Waals surface area contributed by atoms with Crippen molar-refractivity contribution < 1.29 is 9.90 Å². The number of fused-ring (bicyclic) bond motifs is 1. The zero-order valence-corrected chi connectivity index (χ0v) is 19.1. The van der Waals surface area contributed by atoms with Gasteiger partial charge >= 0.3 is 0 Å². The second kappa shape index (κ2) is 9.65. The van der Waals surface area contributed by atoms with Crippen LogP contribution in [0.15, 0.2) is 48.5 Å². The van der Waals surface area contributed by atoms with Crippen LogP contribution in [0.5, 0.6) is 0 Å². The fourth-order valence-corrected chi connectivity index (χ4v) is 4.18. The Hall–Kier alpha value is -2.99. The number of hydrogen-bond acceptors (Lipinski definition) is 5. The van der Waals surface area contributed by atoms with Gasteiger partial charge in [-0.25, -0.2) is 9.97 Å². The van der Waals surface area contributed by atoms with Crippen LogP contribution in [0.25, 0.3) is 22.3 Å². The van der Waals surface area contributed by atoms with Gasteiger partial charge in [-0.2, -0.15) is 0 Å². The summed E-state index contributed by atoms with van der Waals surface area (Å²) in [5.41, 5.74) is 3.16. The first-order valence-corrected chi connectivity index (χ1v) is 11.5. The molecule has 0 bridgehead atoms. The Kier molecular flexibility index (Phi) is 6.70. The summed E-state index contributed by atoms with van der Waals surface area (Å²) >= 11 is 0. The molecule has 6 heteroatoms. The quantitative estimate of drug-likeness (QED) is 0.617. The largest absolute Gasteiger partial charge is 0.383 e. The number of amides is 1. The lowest BCUT2D eigenvalue weighted by molar-refractivity contribution is -0.131. The van der Waals surface area contributed by atoms with Gasteiger partial charge in [-0.05, 0) is 49.3 Å². The highest BCUT2D eigenvalue weighted by molar-refractivity contribution is 5.91. The van der Waals surface area contributed by atoms with E-state index in [4.69, 9.17) is 9.97 Å². The van der Waals surface area contributed by atoms with Crippen molar-refractivity contribution in [3.8, 4) is 11.4 Å². The molecule has 1 amide bonds. The fraction of sp³-hybridized carbons (Fsp3) is 0.423. The number of piperidine rings is 1. The van der Waals surface area contributed by atoms with Gasteiger partial charge in [0, 0.05) is 30.6 Å². The van der Waals surface area contributed by atoms with Crippen molar-refractivity contribution >= 4 is 22.6 Å². The molecule has 0 aliphatic carbocycles. The minimum atomic E-state index is -0.942. The summed E-state index contributed by atoms with van der Waals surface area (Å²) in [6.45, 7) is 8.14. The van der Waals surface area contributed by atoms with E-state index in [1.807, 2.05) is 44.2 Å². The number of aliphatic hydroxyl groups excluding tert-OH is 1. The first kappa shape index (κ1) is 22.2. The van der Waals surface area contributed by atoms with Crippen LogP contribution in [-0.2, 0) is 4.79 Å². The summed E-state index contributed by atoms with van der Waals surface area (Å²) in [7, 11) is 0. The fourth-order valence-electron chi connectivity index (χ4n) is 4.18. The molecule has 6 nitrogen and oxygen atoms in total. The van der Waals surface area contributed by atoms with Crippen molar-refractivity contribution in [2.45, 2.75) is 39.7 Å². The average Bonchev–Trinajstić information content (AvgIpc) is 2.82. The topological polar surface area (TPSA) is 78.4 Å². The van der Waals surface area contributed by atoms with Crippen LogP contribution in [0.1, 0.15) is 32.3 Å². The summed E-state index contributed by atoms with van der Waals surface area (Å²) < 4.78 is 0. The first-order chi connectivity index (χ1) is 15.4. The SMILES string of the molecule is Cc1ccc2c(N3CCC(CNC(=O)C(O)C(C)C)CC3)nc(-c3ccccc3)nc2c1. The summed E-state index contributed by atoms with van der Waals surface area (Å²) in [6, 6.07) is 16.5. The third-order valence-corrected chi connectivity index (χ3v) is 6.24. The number of carbonyl (C=O) groups is 1. The molecule has 2 heterocycles. The lowest BCUT2D eigenvalue weighted by Crippen LogP contribution is -2.43. The molecule has 1 unspecified atom stereocenters. The standard InChI is InChI=1S/C26H32N4O2/c1-17(2)23(31)26(32)27-16-19-11-13-30(14-12-19)25-21-10-9-18(3)15-22(21)28-24(29-25)20-7-5-4-6-8-20/h4-10,15,17,19,23,31H,11-14,16H2,1-3H3,(H,27,32). The van der Waals surface area contributed by atoms with Gasteiger partial charge in [0.05, 0.1) is 5.52 Å². The molecule has 0 saturated carbocycles. The van der Waals surface area contributed by atoms with Gasteiger partial charge in [0.25, 0.3) is 0 Å². The highest BCUT2D eigenvalue weighted by Crippen LogP contribution is 2.31. The van der Waals surface area contributed by atoms with Gasteiger partial charge in [0.1, 0.15) is 11.9 Å². The Balaban J connectivity index is 1.51. The Bertz CT molecular complexity index is 1080. The average molecular weight is 433 g/mol. The van der Waals surface area contributed by atoms with Gasteiger partial charge in [0.15, 0.2) is 5.82 Å². The molecule has 1 aliphatic heterocycles. The van der Waals surface area contributed by atoms with Gasteiger partial charge in [-0.15, -0.1) is 0 Å². The minimum absolute atomic E-state index is 0.0784. The molecule has 168 valence electrons. The lowest BCUT2D eigenvalue weighted by atomic mass is 9.96. The number of aryl methyl sites for hydroxylation is 1. The number of carbonyl (C=O) groups excluding carboxylic acids is 1. The number of anilines is 1. The molecule has 1 atom stereocenters. The summed E-state index contributed by atoms with van der Waals surface area (Å²) in [5.74, 6) is 1.78. The zero-order valence-electron chi connectivity index (χ0n) is 19.1. The highest BCUT2D eigenvalue weighted by atomic mass is 16.3. The third kappa shape index (κ3) is 4.91. The number of rotatable bonds is 6. The number of nitrogens with one attached hydrogen (secondary N) is 1. The number of nitrogens with zero attached hydrogens (tertiary/aromatic N) is 3. The van der Waals surface area contributed by atoms with Crippen molar-refractivity contribution in [1.82, 2.24) is 15.3 Å². The van der Waals surface area contributed by atoms with E-state index in [9.17, 15) is 9.90 Å². The van der Waals surface area contributed by atoms with Gasteiger partial charge in [-0.1, -0.05) is 50.2 Å². The summed E-state index contributed by atoms with van der Waals surface area (Å²) in [5, 5.41) is 13.9. The molecule has 0 spiro atoms. The van der Waals surface area contributed by atoms with Crippen molar-refractivity contribution in [3.63, 3.8) is 0 Å². The Labute approximate surface area is 189 Å². The molecule has 1 saturated heterocycles. The maximum atomic E-state index is 12.1. The van der Waals surface area contributed by atoms with Gasteiger partial charge in [-0.3, -0.25) is 4.79 Å². The van der Waals surface area contributed by atoms with E-state index in [0.717, 1.165) is 54.0 Å². The number of aromatic nitrogens is 2. The van der Waals surface area contributed by atoms with Gasteiger partial charge in [0.2, 0.25) is 5.91 Å². The third-order valence-electron chi connectivity index (χ3n) is 6.24. The molecule has 1 aliphatic rings. The van der Waals surface area contributed by atoms with E-state index < -0.39 is 6.10 Å². The van der Waals surface area contributed by atoms with Crippen LogP contribution in [-0.4, -0.2) is 46.7 Å². The predicted molar refractivity (Wildman–Crippen MR) is 129 cm³/mol. The smallest absolute Gasteiger partial charge is 0.249 e. The first-order valence-electron chi connectivity index (χ1n) is 11.5. The molecule has 1 fully saturated rings. The molecular formula is C26H32N4O2. The molecular weight excluding hydrogens is 400 g/mol. The van der Waals surface area contributed by atoms with Crippen LogP contribution in [0, 0.1) is 18.8 Å². The van der Waals surface area contributed by atoms with Crippen molar-refractivity contribution in [1.29, 1.82) is 0 Å². The van der Waals surface area contributed by atoms with E-state index in [1.165, 1.54) is 5.56 Å². The number of hydrogen-bond donors (Lipinski definition) is 2. The Morgan fingerprint density at radius 2 is 1.84 bits per heavy atom. The number of aliphatic hydroxyl groups is 1. The van der Waals surface area contributed by atoms with Crippen LogP contribution >= 0.6 is 0 Å². The maximum Gasteiger partial charge on any atom is 0.249 e. The van der Waals surface area contributed by atoms with Crippen molar-refractivity contribution in [3.05, 3.63) is 54.1 Å². The second-order valence-corrected chi connectivity index (χ2v) is 9.12. The van der Waals surface area contributed by atoms with Gasteiger partial charge < -0.3 is 15.3 Å². The predicted octanol–water partition coefficient (Wildman–Crippen LogP) is 3.95. The summed E-state index contributed by atoms with van der Waals surface area (Å²) in [4.78, 5) is 24.2. The van der Waals surface area contributed by atoms with E-state index >= 15 is 0 Å². The molecule has 3 aromatic rings. The Morgan fingerprint density at radius 3 is 2.53 bits per heavy atom. The van der Waals surface area contributed by atoms with E-state index in [2.05, 4.69) is 35.3 Å². The molecule has 4 rings (SSSR count).